The predicted octanol–water partition coefficient (Wildman–Crippen LogP) is 1.17. The molecular weight excluding hydrogens is 291 g/mol. The van der Waals surface area contributed by atoms with E-state index >= 15 is 0 Å². The number of rotatable bonds is 6. The molecule has 0 bridgehead atoms. The minimum absolute atomic E-state index is 0.263. The van der Waals surface area contributed by atoms with Gasteiger partial charge >= 0.3 is 0 Å². The smallest absolute Gasteiger partial charge is 0.270 e. The molecule has 112 valence electrons. The largest absolute Gasteiger partial charge is 0.394 e. The van der Waals surface area contributed by atoms with Gasteiger partial charge < -0.3 is 5.11 Å². The summed E-state index contributed by atoms with van der Waals surface area (Å²) in [4.78, 5) is 8.98. The lowest BCUT2D eigenvalue weighted by atomic mass is 10.0. The van der Waals surface area contributed by atoms with E-state index in [2.05, 4.69) is 4.72 Å². The zero-order valence-corrected chi connectivity index (χ0v) is 11.8. The SMILES string of the molecule is CCC(C)(CO)NS(=O)(=O)c1cc([N+](=O)[O-])ccc1F. The number of sulfonamides is 1. The Balaban J connectivity index is 3.28. The third kappa shape index (κ3) is 3.50. The van der Waals surface area contributed by atoms with Crippen molar-refractivity contribution in [1.29, 1.82) is 0 Å². The number of nitro groups is 1. The van der Waals surface area contributed by atoms with Gasteiger partial charge in [0.15, 0.2) is 0 Å². The second-order valence-electron chi connectivity index (χ2n) is 4.55. The van der Waals surface area contributed by atoms with Crippen molar-refractivity contribution in [2.75, 3.05) is 6.61 Å². The van der Waals surface area contributed by atoms with Crippen LogP contribution in [0.1, 0.15) is 20.3 Å². The normalized spacial score (nSPS) is 14.8. The summed E-state index contributed by atoms with van der Waals surface area (Å²) in [6.45, 7) is 2.60. The zero-order valence-electron chi connectivity index (χ0n) is 11.0. The third-order valence-electron chi connectivity index (χ3n) is 2.93. The first-order valence-corrected chi connectivity index (χ1v) is 7.22. The second kappa shape index (κ2) is 5.81. The van der Waals surface area contributed by atoms with Gasteiger partial charge in [-0.05, 0) is 19.4 Å². The summed E-state index contributed by atoms with van der Waals surface area (Å²) >= 11 is 0. The number of aliphatic hydroxyl groups is 1. The molecule has 9 heteroatoms. The highest BCUT2D eigenvalue weighted by Crippen LogP contribution is 2.23. The molecule has 0 aliphatic carbocycles. The van der Waals surface area contributed by atoms with Crippen LogP contribution < -0.4 is 4.72 Å². The molecular formula is C11H15FN2O5S. The number of nitro benzene ring substituents is 1. The summed E-state index contributed by atoms with van der Waals surface area (Å²) in [7, 11) is -4.32. The Bertz CT molecular complexity index is 613. The van der Waals surface area contributed by atoms with Crippen LogP contribution in [0.4, 0.5) is 10.1 Å². The van der Waals surface area contributed by atoms with Crippen molar-refractivity contribution in [3.05, 3.63) is 34.1 Å². The lowest BCUT2D eigenvalue weighted by molar-refractivity contribution is -0.385. The van der Waals surface area contributed by atoms with Crippen LogP contribution in [0.3, 0.4) is 0 Å². The molecule has 1 unspecified atom stereocenters. The van der Waals surface area contributed by atoms with Gasteiger partial charge in [0, 0.05) is 12.1 Å². The summed E-state index contributed by atoms with van der Waals surface area (Å²) < 4.78 is 39.9. The number of non-ortho nitro benzene ring substituents is 1. The number of halogens is 1. The minimum Gasteiger partial charge on any atom is -0.394 e. The first-order chi connectivity index (χ1) is 9.15. The van der Waals surface area contributed by atoms with E-state index in [1.54, 1.807) is 6.92 Å². The topological polar surface area (TPSA) is 110 Å². The van der Waals surface area contributed by atoms with Gasteiger partial charge in [-0.15, -0.1) is 0 Å². The number of nitrogens with one attached hydrogen (secondary N) is 1. The molecule has 0 heterocycles. The summed E-state index contributed by atoms with van der Waals surface area (Å²) in [5.74, 6) is -1.10. The van der Waals surface area contributed by atoms with Gasteiger partial charge in [0.25, 0.3) is 5.69 Å². The van der Waals surface area contributed by atoms with E-state index in [0.29, 0.717) is 6.07 Å². The van der Waals surface area contributed by atoms with Crippen LogP contribution >= 0.6 is 0 Å². The molecule has 0 fully saturated rings. The molecule has 1 atom stereocenters. The molecule has 0 radical (unpaired) electrons. The van der Waals surface area contributed by atoms with E-state index in [1.165, 1.54) is 6.92 Å². The Labute approximate surface area is 115 Å². The van der Waals surface area contributed by atoms with Crippen LogP contribution in [0.25, 0.3) is 0 Å². The van der Waals surface area contributed by atoms with Gasteiger partial charge in [-0.25, -0.2) is 17.5 Å². The fourth-order valence-corrected chi connectivity index (χ4v) is 2.98. The molecule has 0 saturated heterocycles. The Kier molecular flexibility index (Phi) is 4.79. The van der Waals surface area contributed by atoms with Gasteiger partial charge in [-0.3, -0.25) is 10.1 Å². The van der Waals surface area contributed by atoms with E-state index in [1.807, 2.05) is 0 Å². The summed E-state index contributed by atoms with van der Waals surface area (Å²) in [6, 6.07) is 2.24. The van der Waals surface area contributed by atoms with E-state index in [9.17, 15) is 28.0 Å². The third-order valence-corrected chi connectivity index (χ3v) is 4.58. The van der Waals surface area contributed by atoms with Crippen molar-refractivity contribution in [2.24, 2.45) is 0 Å². The van der Waals surface area contributed by atoms with E-state index in [0.717, 1.165) is 12.1 Å². The second-order valence-corrected chi connectivity index (χ2v) is 6.20. The maximum absolute atomic E-state index is 13.6. The average molecular weight is 306 g/mol. The van der Waals surface area contributed by atoms with E-state index in [-0.39, 0.29) is 6.42 Å². The number of aliphatic hydroxyl groups excluding tert-OH is 1. The van der Waals surface area contributed by atoms with E-state index in [4.69, 9.17) is 0 Å². The van der Waals surface area contributed by atoms with Crippen molar-refractivity contribution in [2.45, 2.75) is 30.7 Å². The Morgan fingerprint density at radius 2 is 2.10 bits per heavy atom. The molecule has 0 aliphatic heterocycles. The zero-order chi connectivity index (χ0) is 15.6. The number of benzene rings is 1. The molecule has 2 N–H and O–H groups in total. The molecule has 0 aliphatic rings. The number of hydrogen-bond acceptors (Lipinski definition) is 5. The maximum Gasteiger partial charge on any atom is 0.270 e. The van der Waals surface area contributed by atoms with Crippen LogP contribution in [-0.2, 0) is 10.0 Å². The fourth-order valence-electron chi connectivity index (χ4n) is 1.41. The predicted molar refractivity (Wildman–Crippen MR) is 69.2 cm³/mol. The van der Waals surface area contributed by atoms with Crippen molar-refractivity contribution in [3.8, 4) is 0 Å². The molecule has 7 nitrogen and oxygen atoms in total. The quantitative estimate of drug-likeness (QED) is 0.605. The first kappa shape index (κ1) is 16.5. The van der Waals surface area contributed by atoms with E-state index < -0.39 is 43.5 Å². The van der Waals surface area contributed by atoms with Gasteiger partial charge in [0.2, 0.25) is 10.0 Å². The van der Waals surface area contributed by atoms with Gasteiger partial charge in [-0.1, -0.05) is 6.92 Å². The summed E-state index contributed by atoms with van der Waals surface area (Å²) in [5.41, 5.74) is -1.70. The molecule has 1 aromatic carbocycles. The lowest BCUT2D eigenvalue weighted by Crippen LogP contribution is -2.48. The lowest BCUT2D eigenvalue weighted by Gasteiger charge is -2.26. The van der Waals surface area contributed by atoms with Gasteiger partial charge in [0.05, 0.1) is 17.1 Å². The summed E-state index contributed by atoms with van der Waals surface area (Å²) in [6.07, 6.45) is 0.263. The monoisotopic (exact) mass is 306 g/mol. The van der Waals surface area contributed by atoms with Crippen LogP contribution in [-0.4, -0.2) is 30.6 Å². The molecule has 1 aromatic rings. The maximum atomic E-state index is 13.6. The molecule has 0 saturated carbocycles. The van der Waals surface area contributed by atoms with Crippen molar-refractivity contribution < 1.29 is 22.8 Å². The molecule has 1 rings (SSSR count). The highest BCUT2D eigenvalue weighted by Gasteiger charge is 2.31. The van der Waals surface area contributed by atoms with Crippen LogP contribution in [0.5, 0.6) is 0 Å². The highest BCUT2D eigenvalue weighted by atomic mass is 32.2. The number of nitrogens with zero attached hydrogens (tertiary/aromatic N) is 1. The molecule has 20 heavy (non-hydrogen) atoms. The first-order valence-electron chi connectivity index (χ1n) is 5.74. The fraction of sp³-hybridized carbons (Fsp3) is 0.455. The van der Waals surface area contributed by atoms with Gasteiger partial charge in [-0.2, -0.15) is 0 Å². The Morgan fingerprint density at radius 1 is 1.50 bits per heavy atom. The minimum atomic E-state index is -4.32. The highest BCUT2D eigenvalue weighted by molar-refractivity contribution is 7.89. The van der Waals surface area contributed by atoms with Crippen LogP contribution in [0.15, 0.2) is 23.1 Å². The molecule has 0 amide bonds. The Hall–Kier alpha value is -1.58. The van der Waals surface area contributed by atoms with Crippen molar-refractivity contribution in [3.63, 3.8) is 0 Å². The van der Waals surface area contributed by atoms with Crippen molar-refractivity contribution in [1.82, 2.24) is 4.72 Å². The summed E-state index contributed by atoms with van der Waals surface area (Å²) in [5, 5.41) is 19.8. The van der Waals surface area contributed by atoms with Crippen LogP contribution in [0.2, 0.25) is 0 Å². The standard InChI is InChI=1S/C11H15FN2O5S/c1-3-11(2,7-15)13-20(18,19)10-6-8(14(16)17)4-5-9(10)12/h4-6,13,15H,3,7H2,1-2H3. The number of hydrogen-bond donors (Lipinski definition) is 2. The average Bonchev–Trinajstić information content (AvgIpc) is 2.38. The molecule has 0 spiro atoms. The Morgan fingerprint density at radius 3 is 2.55 bits per heavy atom. The van der Waals surface area contributed by atoms with Gasteiger partial charge in [0.1, 0.15) is 10.7 Å². The van der Waals surface area contributed by atoms with Crippen molar-refractivity contribution >= 4 is 15.7 Å². The molecule has 0 aromatic heterocycles. The van der Waals surface area contributed by atoms with Crippen LogP contribution in [0, 0.1) is 15.9 Å².